The van der Waals surface area contributed by atoms with E-state index in [9.17, 15) is 9.59 Å². The van der Waals surface area contributed by atoms with Crippen molar-refractivity contribution in [2.45, 2.75) is 20.0 Å². The van der Waals surface area contributed by atoms with E-state index in [1.807, 2.05) is 43.3 Å². The number of rotatable bonds is 6. The average molecular weight is 521 g/mol. The lowest BCUT2D eigenvalue weighted by molar-refractivity contribution is 0.418. The average Bonchev–Trinajstić information content (AvgIpc) is 3.22. The van der Waals surface area contributed by atoms with Gasteiger partial charge in [-0.1, -0.05) is 65.7 Å². The second-order valence-corrected chi connectivity index (χ2v) is 9.38. The van der Waals surface area contributed by atoms with Gasteiger partial charge in [-0.25, -0.2) is 4.79 Å². The van der Waals surface area contributed by atoms with Gasteiger partial charge in [-0.05, 0) is 53.9 Å². The molecular formula is C27H22Cl2N4O3. The first-order valence-corrected chi connectivity index (χ1v) is 12.0. The largest absolute Gasteiger partial charge is 0.425 e. The first-order chi connectivity index (χ1) is 17.3. The van der Waals surface area contributed by atoms with Gasteiger partial charge in [-0.2, -0.15) is 4.98 Å². The molecule has 2 aromatic heterocycles. The van der Waals surface area contributed by atoms with E-state index in [0.29, 0.717) is 22.3 Å². The first kappa shape index (κ1) is 23.9. The molecule has 0 bridgehead atoms. The Kier molecular flexibility index (Phi) is 6.43. The summed E-state index contributed by atoms with van der Waals surface area (Å²) in [7, 11) is 1.60. The van der Waals surface area contributed by atoms with Gasteiger partial charge in [0.1, 0.15) is 5.75 Å². The monoisotopic (exact) mass is 520 g/mol. The van der Waals surface area contributed by atoms with Gasteiger partial charge in [0, 0.05) is 17.1 Å². The van der Waals surface area contributed by atoms with Crippen LogP contribution in [0.25, 0.3) is 11.2 Å². The Labute approximate surface area is 216 Å². The molecule has 7 nitrogen and oxygen atoms in total. The summed E-state index contributed by atoms with van der Waals surface area (Å²) in [5, 5.41) is 1.19. The molecule has 0 saturated heterocycles. The van der Waals surface area contributed by atoms with Gasteiger partial charge >= 0.3 is 11.7 Å². The van der Waals surface area contributed by atoms with E-state index in [2.05, 4.69) is 4.98 Å². The molecule has 0 spiro atoms. The lowest BCUT2D eigenvalue weighted by atomic mass is 10.2. The lowest BCUT2D eigenvalue weighted by Gasteiger charge is -2.12. The van der Waals surface area contributed by atoms with Gasteiger partial charge in [0.05, 0.1) is 13.1 Å². The standard InChI is InChI=1S/C27H22Cl2N4O3/c1-17-5-3-4-6-22(17)36-26-30-24-23(32(26)15-18-7-11-20(28)12-8-18)25(34)33(27(35)31(24)2)16-19-9-13-21(29)14-10-19/h3-14H,15-16H2,1-2H3. The SMILES string of the molecule is Cc1ccccc1Oc1nc2c(c(=O)n(Cc3ccc(Cl)cc3)c(=O)n2C)n1Cc1ccc(Cl)cc1. The highest BCUT2D eigenvalue weighted by atomic mass is 35.5. The number of imidazole rings is 1. The Morgan fingerprint density at radius 3 is 1.94 bits per heavy atom. The molecule has 0 N–H and O–H groups in total. The van der Waals surface area contributed by atoms with Crippen LogP contribution >= 0.6 is 23.2 Å². The third-order valence-corrected chi connectivity index (χ3v) is 6.50. The Hall–Kier alpha value is -3.81. The predicted molar refractivity (Wildman–Crippen MR) is 142 cm³/mol. The number of hydrogen-bond acceptors (Lipinski definition) is 4. The maximum atomic E-state index is 13.8. The smallest absolute Gasteiger partial charge is 0.332 e. The topological polar surface area (TPSA) is 71.1 Å². The lowest BCUT2D eigenvalue weighted by Crippen LogP contribution is -2.40. The van der Waals surface area contributed by atoms with Crippen LogP contribution in [0, 0.1) is 6.92 Å². The number of aryl methyl sites for hydroxylation is 2. The molecule has 5 aromatic rings. The number of fused-ring (bicyclic) bond motifs is 1. The van der Waals surface area contributed by atoms with Crippen LogP contribution < -0.4 is 16.0 Å². The number of aromatic nitrogens is 4. The van der Waals surface area contributed by atoms with E-state index in [-0.39, 0.29) is 23.7 Å². The molecule has 9 heteroatoms. The van der Waals surface area contributed by atoms with Crippen molar-refractivity contribution in [1.29, 1.82) is 0 Å². The second kappa shape index (κ2) is 9.68. The molecule has 0 amide bonds. The number of halogens is 2. The van der Waals surface area contributed by atoms with Gasteiger partial charge in [0.25, 0.3) is 5.56 Å². The van der Waals surface area contributed by atoms with Crippen LogP contribution in [0.5, 0.6) is 11.8 Å². The number of nitrogens with zero attached hydrogens (tertiary/aromatic N) is 4. The van der Waals surface area contributed by atoms with E-state index in [1.54, 1.807) is 48.0 Å². The van der Waals surface area contributed by atoms with Crippen LogP contribution in [0.2, 0.25) is 10.0 Å². The summed E-state index contributed by atoms with van der Waals surface area (Å²) in [5.74, 6) is 0.608. The van der Waals surface area contributed by atoms with Crippen LogP contribution in [0.1, 0.15) is 16.7 Å². The molecule has 0 fully saturated rings. The molecule has 0 aliphatic rings. The van der Waals surface area contributed by atoms with Crippen LogP contribution in [0.4, 0.5) is 0 Å². The van der Waals surface area contributed by atoms with Crippen molar-refractivity contribution in [1.82, 2.24) is 18.7 Å². The summed E-state index contributed by atoms with van der Waals surface area (Å²) in [6, 6.07) is 22.1. The van der Waals surface area contributed by atoms with Gasteiger partial charge in [0.2, 0.25) is 0 Å². The van der Waals surface area contributed by atoms with Gasteiger partial charge in [-0.15, -0.1) is 0 Å². The number of ether oxygens (including phenoxy) is 1. The zero-order chi connectivity index (χ0) is 25.4. The fourth-order valence-electron chi connectivity index (χ4n) is 4.03. The molecule has 0 unspecified atom stereocenters. The third kappa shape index (κ3) is 4.55. The minimum Gasteiger partial charge on any atom is -0.425 e. The summed E-state index contributed by atoms with van der Waals surface area (Å²) >= 11 is 12.1. The predicted octanol–water partition coefficient (Wildman–Crippen LogP) is 5.40. The van der Waals surface area contributed by atoms with Crippen LogP contribution in [0.3, 0.4) is 0 Å². The summed E-state index contributed by atoms with van der Waals surface area (Å²) in [6.45, 7) is 2.32. The van der Waals surface area contributed by atoms with Crippen molar-refractivity contribution < 1.29 is 4.74 Å². The maximum Gasteiger partial charge on any atom is 0.332 e. The van der Waals surface area contributed by atoms with Crippen LogP contribution in [-0.4, -0.2) is 18.7 Å². The van der Waals surface area contributed by atoms with Gasteiger partial charge in [0.15, 0.2) is 11.2 Å². The normalized spacial score (nSPS) is 11.2. The molecule has 0 atom stereocenters. The van der Waals surface area contributed by atoms with Crippen molar-refractivity contribution in [3.05, 3.63) is 120 Å². The highest BCUT2D eigenvalue weighted by Crippen LogP contribution is 2.27. The molecule has 2 heterocycles. The fourth-order valence-corrected chi connectivity index (χ4v) is 4.28. The zero-order valence-corrected chi connectivity index (χ0v) is 21.1. The van der Waals surface area contributed by atoms with Crippen molar-refractivity contribution in [3.63, 3.8) is 0 Å². The van der Waals surface area contributed by atoms with Crippen molar-refractivity contribution >= 4 is 34.4 Å². The summed E-state index contributed by atoms with van der Waals surface area (Å²) in [6.07, 6.45) is 0. The number of para-hydroxylation sites is 1. The molecule has 182 valence electrons. The molecular weight excluding hydrogens is 499 g/mol. The minimum absolute atomic E-state index is 0.0960. The van der Waals surface area contributed by atoms with E-state index in [1.165, 1.54) is 9.13 Å². The van der Waals surface area contributed by atoms with E-state index < -0.39 is 11.2 Å². The van der Waals surface area contributed by atoms with E-state index in [4.69, 9.17) is 27.9 Å². The zero-order valence-electron chi connectivity index (χ0n) is 19.6. The third-order valence-electron chi connectivity index (χ3n) is 6.00. The first-order valence-electron chi connectivity index (χ1n) is 11.2. The van der Waals surface area contributed by atoms with E-state index >= 15 is 0 Å². The van der Waals surface area contributed by atoms with Gasteiger partial charge in [-0.3, -0.25) is 18.5 Å². The fraction of sp³-hybridized carbons (Fsp3) is 0.148. The minimum atomic E-state index is -0.471. The van der Waals surface area contributed by atoms with Crippen molar-refractivity contribution in [3.8, 4) is 11.8 Å². The quantitative estimate of drug-likeness (QED) is 0.300. The van der Waals surface area contributed by atoms with Crippen molar-refractivity contribution in [2.75, 3.05) is 0 Å². The number of benzene rings is 3. The Bertz CT molecular complexity index is 1680. The molecule has 0 aliphatic heterocycles. The Balaban J connectivity index is 1.71. The molecule has 36 heavy (non-hydrogen) atoms. The maximum absolute atomic E-state index is 13.8. The van der Waals surface area contributed by atoms with Gasteiger partial charge < -0.3 is 4.74 Å². The number of hydrogen-bond donors (Lipinski definition) is 0. The molecule has 3 aromatic carbocycles. The Morgan fingerprint density at radius 1 is 0.806 bits per heavy atom. The summed E-state index contributed by atoms with van der Waals surface area (Å²) in [4.78, 5) is 31.5. The molecule has 5 rings (SSSR count). The second-order valence-electron chi connectivity index (χ2n) is 8.51. The van der Waals surface area contributed by atoms with Crippen LogP contribution in [0.15, 0.2) is 82.4 Å². The highest BCUT2D eigenvalue weighted by molar-refractivity contribution is 6.30. The highest BCUT2D eigenvalue weighted by Gasteiger charge is 2.22. The molecule has 0 radical (unpaired) electrons. The van der Waals surface area contributed by atoms with Crippen molar-refractivity contribution in [2.24, 2.45) is 7.05 Å². The Morgan fingerprint density at radius 2 is 1.36 bits per heavy atom. The molecule has 0 saturated carbocycles. The summed E-state index contributed by atoms with van der Waals surface area (Å²) in [5.41, 5.74) is 2.17. The molecule has 0 aliphatic carbocycles. The summed E-state index contributed by atoms with van der Waals surface area (Å²) < 4.78 is 10.5. The van der Waals surface area contributed by atoms with E-state index in [0.717, 1.165) is 16.7 Å². The van der Waals surface area contributed by atoms with Crippen LogP contribution in [-0.2, 0) is 20.1 Å².